The van der Waals surface area contributed by atoms with E-state index >= 15 is 0 Å². The molecule has 0 bridgehead atoms. The molecule has 0 atom stereocenters. The summed E-state index contributed by atoms with van der Waals surface area (Å²) in [6.07, 6.45) is 1.50. The van der Waals surface area contributed by atoms with Gasteiger partial charge >= 0.3 is 0 Å². The first-order chi connectivity index (χ1) is 9.72. The Morgan fingerprint density at radius 1 is 1.25 bits per heavy atom. The zero-order valence-corrected chi connectivity index (χ0v) is 11.5. The molecular formula is C15H17NO4. The smallest absolute Gasteiger partial charge is 0.254 e. The molecule has 2 aromatic rings. The first-order valence-corrected chi connectivity index (χ1v) is 6.30. The summed E-state index contributed by atoms with van der Waals surface area (Å²) in [5.74, 6) is 1.77. The molecule has 0 spiro atoms. The summed E-state index contributed by atoms with van der Waals surface area (Å²) in [7, 11) is 1.59. The second-order valence-corrected chi connectivity index (χ2v) is 4.15. The molecule has 1 amide bonds. The predicted molar refractivity (Wildman–Crippen MR) is 74.3 cm³/mol. The summed E-state index contributed by atoms with van der Waals surface area (Å²) < 4.78 is 15.8. The van der Waals surface area contributed by atoms with Gasteiger partial charge < -0.3 is 19.2 Å². The van der Waals surface area contributed by atoms with Gasteiger partial charge in [-0.2, -0.15) is 0 Å². The van der Waals surface area contributed by atoms with Crippen molar-refractivity contribution in [1.29, 1.82) is 0 Å². The van der Waals surface area contributed by atoms with Crippen molar-refractivity contribution >= 4 is 5.91 Å². The molecule has 0 aliphatic rings. The third-order valence-corrected chi connectivity index (χ3v) is 2.82. The zero-order valence-electron chi connectivity index (χ0n) is 11.5. The Hall–Kier alpha value is -2.43. The van der Waals surface area contributed by atoms with Crippen molar-refractivity contribution in [3.05, 3.63) is 47.9 Å². The van der Waals surface area contributed by atoms with Crippen LogP contribution < -0.4 is 14.8 Å². The molecule has 0 saturated heterocycles. The molecule has 5 nitrogen and oxygen atoms in total. The van der Waals surface area contributed by atoms with Crippen LogP contribution in [0.3, 0.4) is 0 Å². The Morgan fingerprint density at radius 2 is 2.00 bits per heavy atom. The van der Waals surface area contributed by atoms with Gasteiger partial charge in [-0.15, -0.1) is 0 Å². The summed E-state index contributed by atoms with van der Waals surface area (Å²) in [5.41, 5.74) is 0.544. The Balaban J connectivity index is 1.79. The molecule has 1 aromatic carbocycles. The number of hydrogen-bond donors (Lipinski definition) is 1. The van der Waals surface area contributed by atoms with Crippen molar-refractivity contribution < 1.29 is 18.7 Å². The van der Waals surface area contributed by atoms with Gasteiger partial charge in [0.2, 0.25) is 0 Å². The minimum atomic E-state index is -0.167. The Morgan fingerprint density at radius 3 is 2.65 bits per heavy atom. The fraction of sp³-hybridized carbons (Fsp3) is 0.267. The minimum Gasteiger partial charge on any atom is -0.493 e. The van der Waals surface area contributed by atoms with Crippen LogP contribution in [-0.2, 0) is 0 Å². The Kier molecular flexibility index (Phi) is 4.65. The van der Waals surface area contributed by atoms with Gasteiger partial charge in [-0.05, 0) is 25.1 Å². The molecule has 1 N–H and O–H groups in total. The number of carbonyl (C=O) groups is 1. The van der Waals surface area contributed by atoms with E-state index in [9.17, 15) is 4.79 Å². The van der Waals surface area contributed by atoms with Crippen molar-refractivity contribution in [2.24, 2.45) is 0 Å². The molecular weight excluding hydrogens is 258 g/mol. The monoisotopic (exact) mass is 275 g/mol. The van der Waals surface area contributed by atoms with Crippen LogP contribution in [0.2, 0.25) is 0 Å². The standard InChI is InChI=1S/C15H17NO4/c1-11-12(7-9-19-11)15(17)16-8-10-20-14-6-4-3-5-13(14)18-2/h3-7,9H,8,10H2,1-2H3,(H,16,17). The lowest BCUT2D eigenvalue weighted by atomic mass is 10.2. The van der Waals surface area contributed by atoms with E-state index in [1.54, 1.807) is 20.1 Å². The second kappa shape index (κ2) is 6.65. The lowest BCUT2D eigenvalue weighted by Gasteiger charge is -2.10. The molecule has 0 fully saturated rings. The number of methoxy groups -OCH3 is 1. The van der Waals surface area contributed by atoms with Crippen LogP contribution in [0.1, 0.15) is 16.1 Å². The van der Waals surface area contributed by atoms with E-state index in [2.05, 4.69) is 5.32 Å². The number of benzene rings is 1. The molecule has 0 aliphatic heterocycles. The third-order valence-electron chi connectivity index (χ3n) is 2.82. The van der Waals surface area contributed by atoms with Gasteiger partial charge in [0, 0.05) is 0 Å². The predicted octanol–water partition coefficient (Wildman–Crippen LogP) is 2.41. The van der Waals surface area contributed by atoms with Gasteiger partial charge in [-0.3, -0.25) is 4.79 Å². The van der Waals surface area contributed by atoms with E-state index in [4.69, 9.17) is 13.9 Å². The fourth-order valence-corrected chi connectivity index (χ4v) is 1.78. The normalized spacial score (nSPS) is 10.1. The highest BCUT2D eigenvalue weighted by Gasteiger charge is 2.10. The number of rotatable bonds is 6. The summed E-state index contributed by atoms with van der Waals surface area (Å²) >= 11 is 0. The zero-order chi connectivity index (χ0) is 14.4. The van der Waals surface area contributed by atoms with Gasteiger partial charge in [0.1, 0.15) is 12.4 Å². The first kappa shape index (κ1) is 14.0. The quantitative estimate of drug-likeness (QED) is 0.822. The van der Waals surface area contributed by atoms with Crippen LogP contribution in [0.25, 0.3) is 0 Å². The highest BCUT2D eigenvalue weighted by atomic mass is 16.5. The molecule has 0 aliphatic carbocycles. The largest absolute Gasteiger partial charge is 0.493 e. The summed E-state index contributed by atoms with van der Waals surface area (Å²) in [6.45, 7) is 2.52. The first-order valence-electron chi connectivity index (χ1n) is 6.30. The number of amides is 1. The molecule has 5 heteroatoms. The maximum absolute atomic E-state index is 11.8. The number of carbonyl (C=O) groups excluding carboxylic acids is 1. The summed E-state index contributed by atoms with van der Waals surface area (Å²) in [5, 5.41) is 2.77. The van der Waals surface area contributed by atoms with E-state index in [0.717, 1.165) is 0 Å². The maximum atomic E-state index is 11.8. The lowest BCUT2D eigenvalue weighted by Crippen LogP contribution is -2.28. The van der Waals surface area contributed by atoms with E-state index in [-0.39, 0.29) is 5.91 Å². The van der Waals surface area contributed by atoms with Crippen molar-refractivity contribution in [1.82, 2.24) is 5.32 Å². The van der Waals surface area contributed by atoms with Crippen LogP contribution in [0.4, 0.5) is 0 Å². The second-order valence-electron chi connectivity index (χ2n) is 4.15. The van der Waals surface area contributed by atoms with Gasteiger partial charge in [0.05, 0.1) is 25.5 Å². The SMILES string of the molecule is COc1ccccc1OCCNC(=O)c1ccoc1C. The van der Waals surface area contributed by atoms with Crippen molar-refractivity contribution in [3.63, 3.8) is 0 Å². The summed E-state index contributed by atoms with van der Waals surface area (Å²) in [6, 6.07) is 9.02. The molecule has 0 radical (unpaired) electrons. The third kappa shape index (κ3) is 3.32. The topological polar surface area (TPSA) is 60.7 Å². The van der Waals surface area contributed by atoms with E-state index in [1.165, 1.54) is 6.26 Å². The van der Waals surface area contributed by atoms with E-state index in [0.29, 0.717) is 36.0 Å². The van der Waals surface area contributed by atoms with Gasteiger partial charge in [0.25, 0.3) is 5.91 Å². The maximum Gasteiger partial charge on any atom is 0.254 e. The Labute approximate surface area is 117 Å². The molecule has 1 heterocycles. The molecule has 1 aromatic heterocycles. The van der Waals surface area contributed by atoms with Crippen LogP contribution in [0.5, 0.6) is 11.5 Å². The van der Waals surface area contributed by atoms with Gasteiger partial charge in [0.15, 0.2) is 11.5 Å². The fourth-order valence-electron chi connectivity index (χ4n) is 1.78. The number of furan rings is 1. The molecule has 2 rings (SSSR count). The number of para-hydroxylation sites is 2. The van der Waals surface area contributed by atoms with Crippen LogP contribution >= 0.6 is 0 Å². The number of ether oxygens (including phenoxy) is 2. The molecule has 0 saturated carbocycles. The number of nitrogens with one attached hydrogen (secondary N) is 1. The highest BCUT2D eigenvalue weighted by Crippen LogP contribution is 2.25. The van der Waals surface area contributed by atoms with Crippen molar-refractivity contribution in [2.45, 2.75) is 6.92 Å². The van der Waals surface area contributed by atoms with E-state index in [1.807, 2.05) is 24.3 Å². The average molecular weight is 275 g/mol. The highest BCUT2D eigenvalue weighted by molar-refractivity contribution is 5.94. The molecule has 0 unspecified atom stereocenters. The number of hydrogen-bond acceptors (Lipinski definition) is 4. The average Bonchev–Trinajstić information content (AvgIpc) is 2.90. The number of aryl methyl sites for hydroxylation is 1. The molecule has 106 valence electrons. The van der Waals surface area contributed by atoms with Crippen molar-refractivity contribution in [2.75, 3.05) is 20.3 Å². The van der Waals surface area contributed by atoms with Crippen LogP contribution in [0.15, 0.2) is 41.0 Å². The minimum absolute atomic E-state index is 0.167. The molecule has 20 heavy (non-hydrogen) atoms. The van der Waals surface area contributed by atoms with Gasteiger partial charge in [-0.1, -0.05) is 12.1 Å². The lowest BCUT2D eigenvalue weighted by molar-refractivity contribution is 0.0945. The summed E-state index contributed by atoms with van der Waals surface area (Å²) in [4.78, 5) is 11.8. The van der Waals surface area contributed by atoms with Crippen molar-refractivity contribution in [3.8, 4) is 11.5 Å². The van der Waals surface area contributed by atoms with E-state index < -0.39 is 0 Å². The van der Waals surface area contributed by atoms with Crippen LogP contribution in [-0.4, -0.2) is 26.2 Å². The Bertz CT molecular complexity index is 577. The van der Waals surface area contributed by atoms with Crippen LogP contribution in [0, 0.1) is 6.92 Å². The van der Waals surface area contributed by atoms with Gasteiger partial charge in [-0.25, -0.2) is 0 Å².